The van der Waals surface area contributed by atoms with Gasteiger partial charge < -0.3 is 10.4 Å². The Morgan fingerprint density at radius 1 is 1.41 bits per heavy atom. The third-order valence-electron chi connectivity index (χ3n) is 2.60. The first-order valence-electron chi connectivity index (χ1n) is 5.28. The zero-order valence-electron chi connectivity index (χ0n) is 9.74. The Labute approximate surface area is 108 Å². The summed E-state index contributed by atoms with van der Waals surface area (Å²) in [5, 5.41) is 16.9. The average molecular weight is 296 g/mol. The largest absolute Gasteiger partial charge is 0.507 e. The lowest BCUT2D eigenvalue weighted by Crippen LogP contribution is -2.00. The highest BCUT2D eigenvalue weighted by molar-refractivity contribution is 9.10. The van der Waals surface area contributed by atoms with Gasteiger partial charge in [-0.3, -0.25) is 4.68 Å². The number of aromatic hydroxyl groups is 1. The molecule has 0 bridgehead atoms. The SMILES string of the molecule is Cc1cc(NCc2ccc(O)c(Br)c2)nn1C. The van der Waals surface area contributed by atoms with E-state index < -0.39 is 0 Å². The van der Waals surface area contributed by atoms with E-state index >= 15 is 0 Å². The van der Waals surface area contributed by atoms with Crippen molar-refractivity contribution in [2.24, 2.45) is 7.05 Å². The molecule has 1 heterocycles. The van der Waals surface area contributed by atoms with Crippen LogP contribution < -0.4 is 5.32 Å². The van der Waals surface area contributed by atoms with E-state index in [4.69, 9.17) is 0 Å². The van der Waals surface area contributed by atoms with Crippen LogP contribution in [0.3, 0.4) is 0 Å². The number of rotatable bonds is 3. The number of hydrogen-bond donors (Lipinski definition) is 2. The highest BCUT2D eigenvalue weighted by Gasteiger charge is 2.02. The van der Waals surface area contributed by atoms with Crippen LogP contribution in [0, 0.1) is 6.92 Å². The number of nitrogens with one attached hydrogen (secondary N) is 1. The molecule has 0 spiro atoms. The molecule has 2 aromatic rings. The van der Waals surface area contributed by atoms with Crippen molar-refractivity contribution in [3.63, 3.8) is 0 Å². The fourth-order valence-corrected chi connectivity index (χ4v) is 1.93. The molecule has 0 aliphatic rings. The molecule has 90 valence electrons. The summed E-state index contributed by atoms with van der Waals surface area (Å²) in [5.41, 5.74) is 2.19. The molecule has 5 heteroatoms. The van der Waals surface area contributed by atoms with Gasteiger partial charge in [0.1, 0.15) is 11.6 Å². The first-order chi connectivity index (χ1) is 8.06. The molecule has 1 aromatic carbocycles. The van der Waals surface area contributed by atoms with Crippen molar-refractivity contribution >= 4 is 21.7 Å². The van der Waals surface area contributed by atoms with E-state index in [-0.39, 0.29) is 5.75 Å². The van der Waals surface area contributed by atoms with Crippen LogP contribution in [0.1, 0.15) is 11.3 Å². The van der Waals surface area contributed by atoms with E-state index in [0.29, 0.717) is 11.0 Å². The minimum atomic E-state index is 0.252. The topological polar surface area (TPSA) is 50.1 Å². The minimum Gasteiger partial charge on any atom is -0.507 e. The Morgan fingerprint density at radius 3 is 2.76 bits per heavy atom. The van der Waals surface area contributed by atoms with Crippen molar-refractivity contribution in [3.8, 4) is 5.75 Å². The molecule has 2 rings (SSSR count). The molecule has 0 aliphatic carbocycles. The summed E-state index contributed by atoms with van der Waals surface area (Å²) in [5.74, 6) is 1.11. The maximum Gasteiger partial charge on any atom is 0.148 e. The molecule has 1 aromatic heterocycles. The fourth-order valence-electron chi connectivity index (χ4n) is 1.50. The van der Waals surface area contributed by atoms with Crippen LogP contribution in [-0.2, 0) is 13.6 Å². The maximum absolute atomic E-state index is 9.39. The smallest absolute Gasteiger partial charge is 0.148 e. The van der Waals surface area contributed by atoms with Gasteiger partial charge in [0.25, 0.3) is 0 Å². The number of aryl methyl sites for hydroxylation is 2. The normalized spacial score (nSPS) is 10.5. The summed E-state index contributed by atoms with van der Waals surface area (Å²) in [7, 11) is 1.91. The molecule has 4 nitrogen and oxygen atoms in total. The van der Waals surface area contributed by atoms with Crippen molar-refractivity contribution in [2.75, 3.05) is 5.32 Å². The van der Waals surface area contributed by atoms with Gasteiger partial charge in [0.15, 0.2) is 0 Å². The van der Waals surface area contributed by atoms with Crippen molar-refractivity contribution in [1.29, 1.82) is 0 Å². The van der Waals surface area contributed by atoms with E-state index in [1.165, 1.54) is 0 Å². The maximum atomic E-state index is 9.39. The molecule has 0 unspecified atom stereocenters. The molecular formula is C12H14BrN3O. The van der Waals surface area contributed by atoms with E-state index in [0.717, 1.165) is 17.1 Å². The number of aromatic nitrogens is 2. The van der Waals surface area contributed by atoms with Crippen molar-refractivity contribution in [3.05, 3.63) is 40.0 Å². The lowest BCUT2D eigenvalue weighted by molar-refractivity contribution is 0.471. The van der Waals surface area contributed by atoms with E-state index in [9.17, 15) is 5.11 Å². The summed E-state index contributed by atoms with van der Waals surface area (Å²) in [6, 6.07) is 7.43. The Bertz CT molecular complexity index is 517. The van der Waals surface area contributed by atoms with Crippen LogP contribution in [0.15, 0.2) is 28.7 Å². The first-order valence-corrected chi connectivity index (χ1v) is 6.07. The van der Waals surface area contributed by atoms with Gasteiger partial charge in [-0.2, -0.15) is 5.10 Å². The number of phenolic OH excluding ortho intramolecular Hbond substituents is 1. The van der Waals surface area contributed by atoms with Crippen LogP contribution in [-0.4, -0.2) is 14.9 Å². The lowest BCUT2D eigenvalue weighted by atomic mass is 10.2. The van der Waals surface area contributed by atoms with Crippen molar-refractivity contribution in [1.82, 2.24) is 9.78 Å². The lowest BCUT2D eigenvalue weighted by Gasteiger charge is -2.04. The van der Waals surface area contributed by atoms with Crippen molar-refractivity contribution in [2.45, 2.75) is 13.5 Å². The fraction of sp³-hybridized carbons (Fsp3) is 0.250. The molecule has 0 amide bonds. The second-order valence-corrected chi connectivity index (χ2v) is 4.79. The Balaban J connectivity index is 2.04. The van der Waals surface area contributed by atoms with Gasteiger partial charge in [-0.25, -0.2) is 0 Å². The highest BCUT2D eigenvalue weighted by atomic mass is 79.9. The van der Waals surface area contributed by atoms with Gasteiger partial charge in [-0.05, 0) is 40.5 Å². The molecule has 0 fully saturated rings. The number of phenols is 1. The first kappa shape index (κ1) is 12.0. The van der Waals surface area contributed by atoms with Crippen molar-refractivity contribution < 1.29 is 5.11 Å². The van der Waals surface area contributed by atoms with Crippen LogP contribution in [0.4, 0.5) is 5.82 Å². The Morgan fingerprint density at radius 2 is 2.18 bits per heavy atom. The second kappa shape index (κ2) is 4.79. The Hall–Kier alpha value is -1.49. The van der Waals surface area contributed by atoms with Crippen LogP contribution in [0.25, 0.3) is 0 Å². The summed E-state index contributed by atoms with van der Waals surface area (Å²) in [6.07, 6.45) is 0. The zero-order valence-corrected chi connectivity index (χ0v) is 11.3. The van der Waals surface area contributed by atoms with E-state index in [2.05, 4.69) is 26.3 Å². The number of nitrogens with zero attached hydrogens (tertiary/aromatic N) is 2. The summed E-state index contributed by atoms with van der Waals surface area (Å²) in [6.45, 7) is 2.69. The van der Waals surface area contributed by atoms with Gasteiger partial charge in [-0.1, -0.05) is 6.07 Å². The number of benzene rings is 1. The third-order valence-corrected chi connectivity index (χ3v) is 3.23. The average Bonchev–Trinajstić information content (AvgIpc) is 2.60. The molecule has 0 saturated carbocycles. The van der Waals surface area contributed by atoms with Gasteiger partial charge in [0.2, 0.25) is 0 Å². The summed E-state index contributed by atoms with van der Waals surface area (Å²) >= 11 is 3.29. The number of halogens is 1. The third kappa shape index (κ3) is 2.79. The molecule has 17 heavy (non-hydrogen) atoms. The van der Waals surface area contributed by atoms with Crippen LogP contribution in [0.5, 0.6) is 5.75 Å². The second-order valence-electron chi connectivity index (χ2n) is 3.93. The van der Waals surface area contributed by atoms with Crippen LogP contribution >= 0.6 is 15.9 Å². The standard InChI is InChI=1S/C12H14BrN3O/c1-8-5-12(15-16(8)2)14-7-9-3-4-11(17)10(13)6-9/h3-6,17H,7H2,1-2H3,(H,14,15). The zero-order chi connectivity index (χ0) is 12.4. The van der Waals surface area contributed by atoms with Crippen LogP contribution in [0.2, 0.25) is 0 Å². The van der Waals surface area contributed by atoms with E-state index in [1.54, 1.807) is 6.07 Å². The van der Waals surface area contributed by atoms with Gasteiger partial charge in [0, 0.05) is 25.4 Å². The Kier molecular flexibility index (Phi) is 3.38. The summed E-state index contributed by atoms with van der Waals surface area (Å²) < 4.78 is 2.53. The van der Waals surface area contributed by atoms with Gasteiger partial charge in [0.05, 0.1) is 4.47 Å². The molecule has 0 atom stereocenters. The molecule has 0 saturated heterocycles. The molecular weight excluding hydrogens is 282 g/mol. The molecule has 0 radical (unpaired) electrons. The van der Waals surface area contributed by atoms with Gasteiger partial charge >= 0.3 is 0 Å². The van der Waals surface area contributed by atoms with E-state index in [1.807, 2.05) is 36.9 Å². The quantitative estimate of drug-likeness (QED) is 0.915. The predicted octanol–water partition coefficient (Wildman–Crippen LogP) is 2.81. The number of anilines is 1. The monoisotopic (exact) mass is 295 g/mol. The molecule has 2 N–H and O–H groups in total. The predicted molar refractivity (Wildman–Crippen MR) is 71.1 cm³/mol. The summed E-state index contributed by atoms with van der Waals surface area (Å²) in [4.78, 5) is 0. The molecule has 0 aliphatic heterocycles. The number of hydrogen-bond acceptors (Lipinski definition) is 3. The minimum absolute atomic E-state index is 0.252. The van der Waals surface area contributed by atoms with Gasteiger partial charge in [-0.15, -0.1) is 0 Å². The highest BCUT2D eigenvalue weighted by Crippen LogP contribution is 2.24.